The Morgan fingerprint density at radius 1 is 1.29 bits per heavy atom. The van der Waals surface area contributed by atoms with E-state index in [2.05, 4.69) is 15.9 Å². The first kappa shape index (κ1) is 13.4. The largest absolute Gasteiger partial charge is 0.465 e. The molecule has 0 aromatic rings. The number of rotatable bonds is 5. The van der Waals surface area contributed by atoms with Gasteiger partial charge in [-0.05, 0) is 20.8 Å². The molecule has 0 saturated heterocycles. The number of hydrogen-bond donors (Lipinski definition) is 0. The average molecular weight is 266 g/mol. The molecule has 0 N–H and O–H groups in total. The predicted octanol–water partition coefficient (Wildman–Crippen LogP) is 1.18. The highest BCUT2D eigenvalue weighted by atomic mass is 79.9. The van der Waals surface area contributed by atoms with Crippen LogP contribution >= 0.6 is 15.9 Å². The van der Waals surface area contributed by atoms with E-state index in [1.54, 1.807) is 11.8 Å². The lowest BCUT2D eigenvalue weighted by Gasteiger charge is -2.20. The fraction of sp³-hybridized carbons (Fsp3) is 0.778. The van der Waals surface area contributed by atoms with Crippen LogP contribution in [0.2, 0.25) is 0 Å². The molecule has 0 radical (unpaired) electrons. The van der Waals surface area contributed by atoms with E-state index in [4.69, 9.17) is 4.74 Å². The maximum absolute atomic E-state index is 11.6. The van der Waals surface area contributed by atoms with Crippen LogP contribution in [0.25, 0.3) is 0 Å². The van der Waals surface area contributed by atoms with Crippen molar-refractivity contribution in [3.63, 3.8) is 0 Å². The van der Waals surface area contributed by atoms with E-state index in [-0.39, 0.29) is 12.5 Å². The maximum atomic E-state index is 11.6. The van der Waals surface area contributed by atoms with Crippen LogP contribution in [0.3, 0.4) is 0 Å². The van der Waals surface area contributed by atoms with Crippen molar-refractivity contribution in [3.05, 3.63) is 0 Å². The summed E-state index contributed by atoms with van der Waals surface area (Å²) in [7, 11) is 0. The van der Waals surface area contributed by atoms with Crippen molar-refractivity contribution in [1.82, 2.24) is 4.90 Å². The van der Waals surface area contributed by atoms with Crippen LogP contribution in [0.1, 0.15) is 20.8 Å². The van der Waals surface area contributed by atoms with Crippen LogP contribution in [0.4, 0.5) is 0 Å². The van der Waals surface area contributed by atoms with Crippen LogP contribution in [0.15, 0.2) is 0 Å². The predicted molar refractivity (Wildman–Crippen MR) is 57.3 cm³/mol. The summed E-state index contributed by atoms with van der Waals surface area (Å²) in [5.41, 5.74) is 0. The highest BCUT2D eigenvalue weighted by Gasteiger charge is 2.27. The van der Waals surface area contributed by atoms with E-state index >= 15 is 0 Å². The first-order valence-electron chi connectivity index (χ1n) is 4.67. The van der Waals surface area contributed by atoms with Crippen LogP contribution < -0.4 is 0 Å². The quantitative estimate of drug-likeness (QED) is 0.426. The minimum Gasteiger partial charge on any atom is -0.465 e. The third-order valence-electron chi connectivity index (χ3n) is 1.79. The fourth-order valence-corrected chi connectivity index (χ4v) is 1.43. The standard InChI is InChI=1S/C9H16BrNO3/c1-4-11(5-2)8(12)7(10)9(13)14-6-3/h7H,4-6H2,1-3H3. The number of carbonyl (C=O) groups excluding carboxylic acids is 2. The number of hydrogen-bond acceptors (Lipinski definition) is 3. The molecule has 0 bridgehead atoms. The van der Waals surface area contributed by atoms with E-state index in [0.29, 0.717) is 13.1 Å². The molecule has 0 rings (SSSR count). The molecule has 0 saturated carbocycles. The molecule has 0 aromatic heterocycles. The van der Waals surface area contributed by atoms with Crippen LogP contribution in [-0.4, -0.2) is 41.3 Å². The zero-order valence-corrected chi connectivity index (χ0v) is 10.3. The Morgan fingerprint density at radius 2 is 1.79 bits per heavy atom. The Labute approximate surface area is 92.7 Å². The molecule has 1 atom stereocenters. The first-order chi connectivity index (χ1) is 6.58. The van der Waals surface area contributed by atoms with Gasteiger partial charge in [0.1, 0.15) is 0 Å². The van der Waals surface area contributed by atoms with Gasteiger partial charge in [0.2, 0.25) is 5.91 Å². The smallest absolute Gasteiger partial charge is 0.329 e. The number of ether oxygens (including phenoxy) is 1. The molecule has 0 heterocycles. The summed E-state index contributed by atoms with van der Waals surface area (Å²) in [5, 5.41) is 0. The molecular weight excluding hydrogens is 250 g/mol. The lowest BCUT2D eigenvalue weighted by molar-refractivity contribution is -0.147. The zero-order valence-electron chi connectivity index (χ0n) is 8.75. The molecule has 1 amide bonds. The monoisotopic (exact) mass is 265 g/mol. The third kappa shape index (κ3) is 3.65. The Kier molecular flexibility index (Phi) is 6.53. The van der Waals surface area contributed by atoms with E-state index in [0.717, 1.165) is 0 Å². The SMILES string of the molecule is CCOC(=O)C(Br)C(=O)N(CC)CC. The molecule has 0 aliphatic carbocycles. The number of carbonyl (C=O) groups is 2. The summed E-state index contributed by atoms with van der Waals surface area (Å²) >= 11 is 3.03. The second-order valence-electron chi connectivity index (χ2n) is 2.63. The van der Waals surface area contributed by atoms with Gasteiger partial charge in [-0.3, -0.25) is 9.59 Å². The Bertz CT molecular complexity index is 204. The molecule has 5 heteroatoms. The fourth-order valence-electron chi connectivity index (χ4n) is 1.01. The van der Waals surface area contributed by atoms with Crippen molar-refractivity contribution >= 4 is 27.8 Å². The van der Waals surface area contributed by atoms with E-state index in [1.165, 1.54) is 0 Å². The van der Waals surface area contributed by atoms with Crippen molar-refractivity contribution in [1.29, 1.82) is 0 Å². The zero-order chi connectivity index (χ0) is 11.1. The molecular formula is C9H16BrNO3. The normalized spacial score (nSPS) is 12.0. The summed E-state index contributed by atoms with van der Waals surface area (Å²) in [4.78, 5) is 23.5. The maximum Gasteiger partial charge on any atom is 0.329 e. The van der Waals surface area contributed by atoms with Gasteiger partial charge in [0.25, 0.3) is 0 Å². The molecule has 82 valence electrons. The van der Waals surface area contributed by atoms with Crippen molar-refractivity contribution < 1.29 is 14.3 Å². The highest BCUT2D eigenvalue weighted by Crippen LogP contribution is 2.07. The summed E-state index contributed by atoms with van der Waals surface area (Å²) in [6, 6.07) is 0. The van der Waals surface area contributed by atoms with Crippen molar-refractivity contribution in [2.75, 3.05) is 19.7 Å². The highest BCUT2D eigenvalue weighted by molar-refractivity contribution is 9.10. The summed E-state index contributed by atoms with van der Waals surface area (Å²) < 4.78 is 4.73. The first-order valence-corrected chi connectivity index (χ1v) is 5.59. The van der Waals surface area contributed by atoms with Gasteiger partial charge in [0.05, 0.1) is 6.61 Å². The van der Waals surface area contributed by atoms with E-state index in [9.17, 15) is 9.59 Å². The summed E-state index contributed by atoms with van der Waals surface area (Å²) in [6.07, 6.45) is 0. The van der Waals surface area contributed by atoms with Gasteiger partial charge in [-0.15, -0.1) is 0 Å². The van der Waals surface area contributed by atoms with E-state index < -0.39 is 10.8 Å². The van der Waals surface area contributed by atoms with Gasteiger partial charge < -0.3 is 9.64 Å². The minimum atomic E-state index is -0.873. The lowest BCUT2D eigenvalue weighted by Crippen LogP contribution is -2.40. The molecule has 0 aliphatic rings. The van der Waals surface area contributed by atoms with Gasteiger partial charge in [-0.25, -0.2) is 0 Å². The van der Waals surface area contributed by atoms with Crippen LogP contribution in [0, 0.1) is 0 Å². The topological polar surface area (TPSA) is 46.6 Å². The molecule has 0 spiro atoms. The van der Waals surface area contributed by atoms with Crippen LogP contribution in [0.5, 0.6) is 0 Å². The van der Waals surface area contributed by atoms with Gasteiger partial charge in [-0.2, -0.15) is 0 Å². The number of alkyl halides is 1. The van der Waals surface area contributed by atoms with Crippen LogP contribution in [-0.2, 0) is 14.3 Å². The molecule has 1 unspecified atom stereocenters. The Hall–Kier alpha value is -0.580. The second kappa shape index (κ2) is 6.81. The average Bonchev–Trinajstić information content (AvgIpc) is 2.18. The molecule has 0 aromatic carbocycles. The van der Waals surface area contributed by atoms with Gasteiger partial charge in [0.15, 0.2) is 4.83 Å². The molecule has 4 nitrogen and oxygen atoms in total. The van der Waals surface area contributed by atoms with Crippen molar-refractivity contribution in [3.8, 4) is 0 Å². The molecule has 0 fully saturated rings. The Balaban J connectivity index is 4.29. The van der Waals surface area contributed by atoms with Crippen molar-refractivity contribution in [2.45, 2.75) is 25.6 Å². The lowest BCUT2D eigenvalue weighted by atomic mass is 10.3. The van der Waals surface area contributed by atoms with Crippen molar-refractivity contribution in [2.24, 2.45) is 0 Å². The third-order valence-corrected chi connectivity index (χ3v) is 2.55. The minimum absolute atomic E-state index is 0.242. The summed E-state index contributed by atoms with van der Waals surface area (Å²) in [6.45, 7) is 6.91. The number of halogens is 1. The molecule has 14 heavy (non-hydrogen) atoms. The van der Waals surface area contributed by atoms with E-state index in [1.807, 2.05) is 13.8 Å². The second-order valence-corrected chi connectivity index (χ2v) is 3.54. The summed E-state index contributed by atoms with van der Waals surface area (Å²) in [5.74, 6) is -0.766. The number of esters is 1. The number of amides is 1. The van der Waals surface area contributed by atoms with Gasteiger partial charge in [-0.1, -0.05) is 15.9 Å². The molecule has 0 aliphatic heterocycles. The Morgan fingerprint density at radius 3 is 2.14 bits per heavy atom. The van der Waals surface area contributed by atoms with Gasteiger partial charge >= 0.3 is 5.97 Å². The number of nitrogens with zero attached hydrogens (tertiary/aromatic N) is 1. The van der Waals surface area contributed by atoms with Gasteiger partial charge in [0, 0.05) is 13.1 Å².